The predicted octanol–water partition coefficient (Wildman–Crippen LogP) is 2.29. The molecule has 2 atom stereocenters. The van der Waals surface area contributed by atoms with Crippen LogP contribution in [0.4, 0.5) is 0 Å². The van der Waals surface area contributed by atoms with Crippen molar-refractivity contribution in [2.45, 2.75) is 52.8 Å². The van der Waals surface area contributed by atoms with Crippen LogP contribution in [0.25, 0.3) is 10.9 Å². The van der Waals surface area contributed by atoms with E-state index in [1.807, 2.05) is 6.92 Å². The second-order valence-corrected chi connectivity index (χ2v) is 6.19. The van der Waals surface area contributed by atoms with Crippen LogP contribution >= 0.6 is 0 Å². The van der Waals surface area contributed by atoms with Gasteiger partial charge in [0.2, 0.25) is 0 Å². The molecule has 0 aliphatic rings. The highest BCUT2D eigenvalue weighted by Gasteiger charge is 2.15. The Morgan fingerprint density at radius 1 is 1.23 bits per heavy atom. The topological polar surface area (TPSA) is 57.4 Å². The first-order valence-electron chi connectivity index (χ1n) is 8.06. The molecule has 0 radical (unpaired) electrons. The summed E-state index contributed by atoms with van der Waals surface area (Å²) in [6.07, 6.45) is 0.378. The molecule has 1 aromatic heterocycles. The molecule has 1 heterocycles. The number of aliphatic hydroxyl groups excluding tert-OH is 2. The molecule has 2 unspecified atom stereocenters. The summed E-state index contributed by atoms with van der Waals surface area (Å²) in [6.45, 7) is 9.52. The number of nitrogens with one attached hydrogen (secondary N) is 1. The normalized spacial score (nSPS) is 14.5. The predicted molar refractivity (Wildman–Crippen MR) is 91.3 cm³/mol. The van der Waals surface area contributed by atoms with Crippen molar-refractivity contribution >= 4 is 10.9 Å². The molecule has 4 nitrogen and oxygen atoms in total. The van der Waals surface area contributed by atoms with E-state index in [1.54, 1.807) is 0 Å². The van der Waals surface area contributed by atoms with E-state index in [1.165, 1.54) is 27.7 Å². The standard InChI is InChI=1S/C18H28N2O2/c1-5-15(11-21)19-9-16(22)10-20-14(4)13(3)17-8-12(2)6-7-18(17)20/h6-8,15-16,19,21-22H,5,9-11H2,1-4H3. The van der Waals surface area contributed by atoms with Gasteiger partial charge in [-0.15, -0.1) is 0 Å². The average Bonchev–Trinajstić information content (AvgIpc) is 2.73. The number of aliphatic hydroxyl groups is 2. The summed E-state index contributed by atoms with van der Waals surface area (Å²) in [5.41, 5.74) is 4.91. The van der Waals surface area contributed by atoms with Crippen LogP contribution in [-0.4, -0.2) is 40.1 Å². The quantitative estimate of drug-likeness (QED) is 0.735. The summed E-state index contributed by atoms with van der Waals surface area (Å²) in [4.78, 5) is 0. The second kappa shape index (κ2) is 7.27. The van der Waals surface area contributed by atoms with Crippen LogP contribution in [-0.2, 0) is 6.54 Å². The maximum absolute atomic E-state index is 10.3. The Morgan fingerprint density at radius 2 is 1.95 bits per heavy atom. The number of nitrogens with zero attached hydrogens (tertiary/aromatic N) is 1. The number of aryl methyl sites for hydroxylation is 2. The van der Waals surface area contributed by atoms with Crippen molar-refractivity contribution in [3.8, 4) is 0 Å². The van der Waals surface area contributed by atoms with E-state index in [2.05, 4.69) is 48.9 Å². The zero-order valence-corrected chi connectivity index (χ0v) is 14.1. The van der Waals surface area contributed by atoms with Crippen molar-refractivity contribution in [3.63, 3.8) is 0 Å². The molecule has 22 heavy (non-hydrogen) atoms. The van der Waals surface area contributed by atoms with Gasteiger partial charge in [-0.1, -0.05) is 18.6 Å². The highest BCUT2D eigenvalue weighted by Crippen LogP contribution is 2.26. The van der Waals surface area contributed by atoms with E-state index >= 15 is 0 Å². The van der Waals surface area contributed by atoms with Crippen molar-refractivity contribution in [2.24, 2.45) is 0 Å². The average molecular weight is 304 g/mol. The maximum atomic E-state index is 10.3. The zero-order chi connectivity index (χ0) is 16.3. The third-order valence-corrected chi connectivity index (χ3v) is 4.54. The van der Waals surface area contributed by atoms with Gasteiger partial charge < -0.3 is 20.1 Å². The van der Waals surface area contributed by atoms with Gasteiger partial charge in [-0.3, -0.25) is 0 Å². The molecule has 2 aromatic rings. The number of fused-ring (bicyclic) bond motifs is 1. The molecular formula is C18H28N2O2. The van der Waals surface area contributed by atoms with E-state index in [0.717, 1.165) is 6.42 Å². The van der Waals surface area contributed by atoms with Crippen LogP contribution in [0.1, 0.15) is 30.2 Å². The van der Waals surface area contributed by atoms with Crippen molar-refractivity contribution in [1.29, 1.82) is 0 Å². The zero-order valence-electron chi connectivity index (χ0n) is 14.1. The minimum absolute atomic E-state index is 0.0570. The van der Waals surface area contributed by atoms with Crippen LogP contribution in [0.3, 0.4) is 0 Å². The molecule has 0 fully saturated rings. The smallest absolute Gasteiger partial charge is 0.0843 e. The third kappa shape index (κ3) is 3.51. The van der Waals surface area contributed by atoms with E-state index in [0.29, 0.717) is 13.1 Å². The highest BCUT2D eigenvalue weighted by molar-refractivity contribution is 5.85. The molecule has 2 rings (SSSR count). The summed E-state index contributed by atoms with van der Waals surface area (Å²) in [7, 11) is 0. The van der Waals surface area contributed by atoms with Crippen LogP contribution in [0, 0.1) is 20.8 Å². The molecular weight excluding hydrogens is 276 g/mol. The number of benzene rings is 1. The molecule has 122 valence electrons. The highest BCUT2D eigenvalue weighted by atomic mass is 16.3. The SMILES string of the molecule is CCC(CO)NCC(O)Cn1c(C)c(C)c2cc(C)ccc21. The van der Waals surface area contributed by atoms with E-state index in [-0.39, 0.29) is 12.6 Å². The van der Waals surface area contributed by atoms with Crippen LogP contribution in [0.2, 0.25) is 0 Å². The second-order valence-electron chi connectivity index (χ2n) is 6.19. The number of aromatic nitrogens is 1. The van der Waals surface area contributed by atoms with Crippen molar-refractivity contribution in [3.05, 3.63) is 35.0 Å². The summed E-state index contributed by atoms with van der Waals surface area (Å²) in [6, 6.07) is 6.51. The summed E-state index contributed by atoms with van der Waals surface area (Å²) < 4.78 is 2.19. The molecule has 0 amide bonds. The van der Waals surface area contributed by atoms with Gasteiger partial charge in [0.1, 0.15) is 0 Å². The lowest BCUT2D eigenvalue weighted by atomic mass is 10.1. The lowest BCUT2D eigenvalue weighted by Gasteiger charge is -2.19. The van der Waals surface area contributed by atoms with E-state index < -0.39 is 6.10 Å². The summed E-state index contributed by atoms with van der Waals surface area (Å²) >= 11 is 0. The van der Waals surface area contributed by atoms with Gasteiger partial charge in [0, 0.05) is 29.2 Å². The molecule has 3 N–H and O–H groups in total. The Kier molecular flexibility index (Phi) is 5.62. The Labute approximate surface area is 132 Å². The van der Waals surface area contributed by atoms with Crippen molar-refractivity contribution in [1.82, 2.24) is 9.88 Å². The molecule has 0 aliphatic carbocycles. The van der Waals surface area contributed by atoms with Crippen LogP contribution < -0.4 is 5.32 Å². The fraction of sp³-hybridized carbons (Fsp3) is 0.556. The van der Waals surface area contributed by atoms with Gasteiger partial charge in [0.05, 0.1) is 19.3 Å². The van der Waals surface area contributed by atoms with Crippen LogP contribution in [0.5, 0.6) is 0 Å². The molecule has 0 saturated heterocycles. The Hall–Kier alpha value is -1.36. The first-order valence-corrected chi connectivity index (χ1v) is 8.06. The molecule has 4 heteroatoms. The fourth-order valence-corrected chi connectivity index (χ4v) is 2.91. The number of rotatable bonds is 7. The van der Waals surface area contributed by atoms with Gasteiger partial charge in [-0.05, 0) is 44.9 Å². The Balaban J connectivity index is 2.16. The van der Waals surface area contributed by atoms with Gasteiger partial charge in [-0.2, -0.15) is 0 Å². The minimum Gasteiger partial charge on any atom is -0.395 e. The lowest BCUT2D eigenvalue weighted by molar-refractivity contribution is 0.139. The number of hydrogen-bond acceptors (Lipinski definition) is 3. The van der Waals surface area contributed by atoms with E-state index in [9.17, 15) is 10.2 Å². The van der Waals surface area contributed by atoms with Crippen molar-refractivity contribution < 1.29 is 10.2 Å². The van der Waals surface area contributed by atoms with Crippen molar-refractivity contribution in [2.75, 3.05) is 13.2 Å². The van der Waals surface area contributed by atoms with Gasteiger partial charge >= 0.3 is 0 Å². The monoisotopic (exact) mass is 304 g/mol. The van der Waals surface area contributed by atoms with Crippen LogP contribution in [0.15, 0.2) is 18.2 Å². The first-order chi connectivity index (χ1) is 10.5. The van der Waals surface area contributed by atoms with E-state index in [4.69, 9.17) is 0 Å². The fourth-order valence-electron chi connectivity index (χ4n) is 2.91. The lowest BCUT2D eigenvalue weighted by Crippen LogP contribution is -2.39. The van der Waals surface area contributed by atoms with Gasteiger partial charge in [0.25, 0.3) is 0 Å². The molecule has 0 aliphatic heterocycles. The molecule has 0 bridgehead atoms. The molecule has 0 saturated carbocycles. The van der Waals surface area contributed by atoms with Gasteiger partial charge in [-0.25, -0.2) is 0 Å². The molecule has 1 aromatic carbocycles. The third-order valence-electron chi connectivity index (χ3n) is 4.54. The maximum Gasteiger partial charge on any atom is 0.0843 e. The first kappa shape index (κ1) is 17.0. The number of hydrogen-bond donors (Lipinski definition) is 3. The largest absolute Gasteiger partial charge is 0.395 e. The Bertz CT molecular complexity index is 630. The van der Waals surface area contributed by atoms with Gasteiger partial charge in [0.15, 0.2) is 0 Å². The molecule has 0 spiro atoms. The summed E-state index contributed by atoms with van der Waals surface area (Å²) in [5, 5.41) is 24.0. The minimum atomic E-state index is -0.476. The summed E-state index contributed by atoms with van der Waals surface area (Å²) in [5.74, 6) is 0. The Morgan fingerprint density at radius 3 is 2.59 bits per heavy atom.